The second-order valence-electron chi connectivity index (χ2n) is 4.22. The van der Waals surface area contributed by atoms with Crippen LogP contribution >= 0.6 is 15.9 Å². The minimum atomic E-state index is -0.712. The lowest BCUT2D eigenvalue weighted by Gasteiger charge is -2.34. The summed E-state index contributed by atoms with van der Waals surface area (Å²) in [6.45, 7) is 1.24. The van der Waals surface area contributed by atoms with Gasteiger partial charge in [-0.3, -0.25) is 9.59 Å². The molecule has 0 aliphatic carbocycles. The van der Waals surface area contributed by atoms with Crippen LogP contribution in [0, 0.1) is 5.82 Å². The van der Waals surface area contributed by atoms with Crippen LogP contribution in [-0.2, 0) is 4.79 Å². The minimum Gasteiger partial charge on any atom is -0.368 e. The Balaban J connectivity index is 2.31. The van der Waals surface area contributed by atoms with Crippen molar-refractivity contribution in [3.8, 4) is 0 Å². The number of nitrogens with one attached hydrogen (secondary N) is 1. The average molecular weight is 330 g/mol. The summed E-state index contributed by atoms with van der Waals surface area (Å²) in [7, 11) is 0. The third kappa shape index (κ3) is 2.76. The van der Waals surface area contributed by atoms with Gasteiger partial charge in [-0.2, -0.15) is 0 Å². The maximum absolute atomic E-state index is 13.4. The zero-order valence-electron chi connectivity index (χ0n) is 10.0. The predicted octanol–water partition coefficient (Wildman–Crippen LogP) is 0.488. The van der Waals surface area contributed by atoms with E-state index in [9.17, 15) is 14.0 Å². The van der Waals surface area contributed by atoms with Gasteiger partial charge < -0.3 is 16.0 Å². The molecule has 1 fully saturated rings. The Bertz CT molecular complexity index is 524. The van der Waals surface area contributed by atoms with E-state index in [4.69, 9.17) is 5.73 Å². The van der Waals surface area contributed by atoms with Gasteiger partial charge in [-0.05, 0) is 28.1 Å². The van der Waals surface area contributed by atoms with Gasteiger partial charge in [0.15, 0.2) is 0 Å². The van der Waals surface area contributed by atoms with Crippen molar-refractivity contribution < 1.29 is 14.0 Å². The molecule has 0 radical (unpaired) electrons. The van der Waals surface area contributed by atoms with Crippen LogP contribution < -0.4 is 11.1 Å². The van der Waals surface area contributed by atoms with Crippen molar-refractivity contribution >= 4 is 27.7 Å². The Kier molecular flexibility index (Phi) is 4.16. The van der Waals surface area contributed by atoms with E-state index in [1.54, 1.807) is 0 Å². The molecule has 1 heterocycles. The fraction of sp³-hybridized carbons (Fsp3) is 0.333. The number of amides is 2. The van der Waals surface area contributed by atoms with E-state index in [1.165, 1.54) is 23.1 Å². The second kappa shape index (κ2) is 5.66. The second-order valence-corrected chi connectivity index (χ2v) is 5.02. The molecular formula is C12H13BrFN3O2. The molecule has 1 atom stereocenters. The van der Waals surface area contributed by atoms with Crippen LogP contribution in [0.25, 0.3) is 0 Å². The molecule has 0 aromatic heterocycles. The quantitative estimate of drug-likeness (QED) is 0.829. The molecule has 2 rings (SSSR count). The SMILES string of the molecule is NC(=O)C1CNCCN1C(=O)c1cccc(F)c1Br. The molecular weight excluding hydrogens is 317 g/mol. The molecule has 1 aliphatic rings. The molecule has 1 aromatic rings. The summed E-state index contributed by atoms with van der Waals surface area (Å²) in [5.74, 6) is -1.50. The van der Waals surface area contributed by atoms with Gasteiger partial charge in [0.1, 0.15) is 11.9 Å². The number of rotatable bonds is 2. The Morgan fingerprint density at radius 1 is 1.47 bits per heavy atom. The molecule has 0 saturated carbocycles. The normalized spacial score (nSPS) is 19.3. The third-order valence-corrected chi connectivity index (χ3v) is 3.82. The van der Waals surface area contributed by atoms with E-state index in [-0.39, 0.29) is 10.0 Å². The number of nitrogens with zero attached hydrogens (tertiary/aromatic N) is 1. The van der Waals surface area contributed by atoms with Crippen molar-refractivity contribution in [2.75, 3.05) is 19.6 Å². The van der Waals surface area contributed by atoms with Crippen LogP contribution in [0.3, 0.4) is 0 Å². The van der Waals surface area contributed by atoms with Crippen molar-refractivity contribution in [3.63, 3.8) is 0 Å². The van der Waals surface area contributed by atoms with Crippen LogP contribution in [0.2, 0.25) is 0 Å². The van der Waals surface area contributed by atoms with E-state index in [1.807, 2.05) is 0 Å². The highest BCUT2D eigenvalue weighted by atomic mass is 79.9. The lowest BCUT2D eigenvalue weighted by Crippen LogP contribution is -2.58. The number of hydrogen-bond donors (Lipinski definition) is 2. The van der Waals surface area contributed by atoms with Gasteiger partial charge in [0.25, 0.3) is 5.91 Å². The number of carbonyl (C=O) groups is 2. The highest BCUT2D eigenvalue weighted by molar-refractivity contribution is 9.10. The molecule has 5 nitrogen and oxygen atoms in total. The number of piperazine rings is 1. The Hall–Kier alpha value is -1.47. The number of hydrogen-bond acceptors (Lipinski definition) is 3. The smallest absolute Gasteiger partial charge is 0.255 e. The van der Waals surface area contributed by atoms with Crippen molar-refractivity contribution in [2.24, 2.45) is 5.73 Å². The summed E-state index contributed by atoms with van der Waals surface area (Å²) in [5, 5.41) is 3.00. The summed E-state index contributed by atoms with van der Waals surface area (Å²) in [6, 6.07) is 3.51. The van der Waals surface area contributed by atoms with Crippen LogP contribution in [0.15, 0.2) is 22.7 Å². The molecule has 19 heavy (non-hydrogen) atoms. The summed E-state index contributed by atoms with van der Waals surface area (Å²) >= 11 is 3.05. The molecule has 2 amide bonds. The van der Waals surface area contributed by atoms with Gasteiger partial charge in [0.05, 0.1) is 10.0 Å². The van der Waals surface area contributed by atoms with Crippen molar-refractivity contribution in [1.29, 1.82) is 0 Å². The predicted molar refractivity (Wildman–Crippen MR) is 71.0 cm³/mol. The van der Waals surface area contributed by atoms with Gasteiger partial charge in [-0.25, -0.2) is 4.39 Å². The van der Waals surface area contributed by atoms with E-state index in [0.29, 0.717) is 19.6 Å². The molecule has 1 aliphatic heterocycles. The Morgan fingerprint density at radius 3 is 2.89 bits per heavy atom. The van der Waals surface area contributed by atoms with Crippen LogP contribution in [0.1, 0.15) is 10.4 Å². The number of carbonyl (C=O) groups excluding carboxylic acids is 2. The van der Waals surface area contributed by atoms with Crippen molar-refractivity contribution in [2.45, 2.75) is 6.04 Å². The third-order valence-electron chi connectivity index (χ3n) is 3.01. The van der Waals surface area contributed by atoms with Crippen molar-refractivity contribution in [1.82, 2.24) is 10.2 Å². The average Bonchev–Trinajstić information content (AvgIpc) is 2.41. The first-order valence-electron chi connectivity index (χ1n) is 5.77. The Morgan fingerprint density at radius 2 is 2.21 bits per heavy atom. The van der Waals surface area contributed by atoms with Gasteiger partial charge in [-0.1, -0.05) is 6.07 Å². The van der Waals surface area contributed by atoms with E-state index >= 15 is 0 Å². The standard InChI is InChI=1S/C12H13BrFN3O2/c13-10-7(2-1-3-8(10)14)12(19)17-5-4-16-6-9(17)11(15)18/h1-3,9,16H,4-6H2,(H2,15,18). The van der Waals surface area contributed by atoms with Crippen LogP contribution in [0.5, 0.6) is 0 Å². The maximum atomic E-state index is 13.4. The fourth-order valence-corrected chi connectivity index (χ4v) is 2.46. The molecule has 0 bridgehead atoms. The summed E-state index contributed by atoms with van der Waals surface area (Å²) in [4.78, 5) is 25.1. The van der Waals surface area contributed by atoms with Gasteiger partial charge in [-0.15, -0.1) is 0 Å². The summed E-state index contributed by atoms with van der Waals surface area (Å²) in [5.41, 5.74) is 5.47. The first kappa shape index (κ1) is 14.0. The van der Waals surface area contributed by atoms with Crippen LogP contribution in [-0.4, -0.2) is 42.4 Å². The van der Waals surface area contributed by atoms with Gasteiger partial charge in [0, 0.05) is 19.6 Å². The zero-order valence-corrected chi connectivity index (χ0v) is 11.6. The molecule has 102 valence electrons. The number of primary amides is 1. The van der Waals surface area contributed by atoms with Gasteiger partial charge >= 0.3 is 0 Å². The minimum absolute atomic E-state index is 0.0988. The molecule has 0 spiro atoms. The fourth-order valence-electron chi connectivity index (χ4n) is 2.03. The maximum Gasteiger partial charge on any atom is 0.255 e. The first-order valence-corrected chi connectivity index (χ1v) is 6.56. The van der Waals surface area contributed by atoms with E-state index in [2.05, 4.69) is 21.2 Å². The Labute approximate surface area is 118 Å². The number of halogens is 2. The van der Waals surface area contributed by atoms with E-state index < -0.39 is 23.7 Å². The van der Waals surface area contributed by atoms with Gasteiger partial charge in [0.2, 0.25) is 5.91 Å². The van der Waals surface area contributed by atoms with E-state index in [0.717, 1.165) is 0 Å². The van der Waals surface area contributed by atoms with Crippen molar-refractivity contribution in [3.05, 3.63) is 34.1 Å². The highest BCUT2D eigenvalue weighted by Gasteiger charge is 2.32. The zero-order chi connectivity index (χ0) is 14.0. The monoisotopic (exact) mass is 329 g/mol. The summed E-state index contributed by atoms with van der Waals surface area (Å²) in [6.07, 6.45) is 0. The molecule has 7 heteroatoms. The first-order chi connectivity index (χ1) is 9.02. The molecule has 1 unspecified atom stereocenters. The molecule has 3 N–H and O–H groups in total. The topological polar surface area (TPSA) is 75.4 Å². The molecule has 1 aromatic carbocycles. The molecule has 1 saturated heterocycles. The number of nitrogens with two attached hydrogens (primary N) is 1. The lowest BCUT2D eigenvalue weighted by molar-refractivity contribution is -0.122. The number of benzene rings is 1. The largest absolute Gasteiger partial charge is 0.368 e. The highest BCUT2D eigenvalue weighted by Crippen LogP contribution is 2.23. The lowest BCUT2D eigenvalue weighted by atomic mass is 10.1. The van der Waals surface area contributed by atoms with Crippen LogP contribution in [0.4, 0.5) is 4.39 Å². The summed E-state index contributed by atoms with van der Waals surface area (Å²) < 4.78 is 13.5.